The van der Waals surface area contributed by atoms with Gasteiger partial charge in [-0.3, -0.25) is 9.69 Å². The molecule has 98 valence electrons. The molecule has 2 aliphatic heterocycles. The minimum atomic E-state index is -0.681. The highest BCUT2D eigenvalue weighted by Gasteiger charge is 2.42. The lowest BCUT2D eigenvalue weighted by molar-refractivity contribution is -0.158. The first-order valence-corrected chi connectivity index (χ1v) is 6.27. The maximum atomic E-state index is 11.5. The summed E-state index contributed by atoms with van der Waals surface area (Å²) in [6, 6.07) is 0. The second-order valence-corrected chi connectivity index (χ2v) is 5.11. The lowest BCUT2D eigenvalue weighted by atomic mass is 9.79. The third-order valence-corrected chi connectivity index (χ3v) is 3.76. The molecule has 5 nitrogen and oxygen atoms in total. The number of carboxylic acids is 1. The summed E-state index contributed by atoms with van der Waals surface area (Å²) in [6.45, 7) is 6.14. The normalized spacial score (nSPS) is 30.1. The van der Waals surface area contributed by atoms with Crippen LogP contribution in [0.4, 0.5) is 0 Å². The van der Waals surface area contributed by atoms with Crippen molar-refractivity contribution in [1.82, 2.24) is 4.90 Å². The second kappa shape index (κ2) is 5.33. The number of nitrogens with zero attached hydrogens (tertiary/aromatic N) is 1. The smallest absolute Gasteiger partial charge is 0.311 e. The number of rotatable bonds is 3. The van der Waals surface area contributed by atoms with Gasteiger partial charge in [-0.2, -0.15) is 0 Å². The fourth-order valence-electron chi connectivity index (χ4n) is 2.66. The molecule has 2 heterocycles. The van der Waals surface area contributed by atoms with Crippen LogP contribution in [0.1, 0.15) is 19.8 Å². The Morgan fingerprint density at radius 1 is 1.41 bits per heavy atom. The van der Waals surface area contributed by atoms with Gasteiger partial charge in [-0.15, -0.1) is 0 Å². The fraction of sp³-hybridized carbons (Fsp3) is 0.917. The van der Waals surface area contributed by atoms with E-state index in [4.69, 9.17) is 9.47 Å². The van der Waals surface area contributed by atoms with E-state index in [1.807, 2.05) is 6.92 Å². The minimum Gasteiger partial charge on any atom is -0.481 e. The fourth-order valence-corrected chi connectivity index (χ4v) is 2.66. The summed E-state index contributed by atoms with van der Waals surface area (Å²) in [5.74, 6) is -0.681. The first-order chi connectivity index (χ1) is 8.12. The molecule has 2 fully saturated rings. The molecule has 0 aromatic heterocycles. The van der Waals surface area contributed by atoms with E-state index in [2.05, 4.69) is 4.90 Å². The molecule has 0 aromatic carbocycles. The number of hydrogen-bond acceptors (Lipinski definition) is 4. The first kappa shape index (κ1) is 12.8. The molecule has 2 rings (SSSR count). The van der Waals surface area contributed by atoms with E-state index in [0.29, 0.717) is 39.2 Å². The van der Waals surface area contributed by atoms with Gasteiger partial charge < -0.3 is 14.6 Å². The second-order valence-electron chi connectivity index (χ2n) is 5.11. The molecule has 0 radical (unpaired) electrons. The molecule has 0 amide bonds. The summed E-state index contributed by atoms with van der Waals surface area (Å²) in [6.07, 6.45) is 1.44. The van der Waals surface area contributed by atoms with E-state index in [1.165, 1.54) is 0 Å². The Kier molecular flexibility index (Phi) is 4.01. The Morgan fingerprint density at radius 2 is 2.12 bits per heavy atom. The monoisotopic (exact) mass is 243 g/mol. The molecule has 5 heteroatoms. The van der Waals surface area contributed by atoms with Crippen molar-refractivity contribution >= 4 is 5.97 Å². The average molecular weight is 243 g/mol. The highest BCUT2D eigenvalue weighted by atomic mass is 16.5. The molecular weight excluding hydrogens is 222 g/mol. The van der Waals surface area contributed by atoms with Gasteiger partial charge in [-0.1, -0.05) is 0 Å². The Balaban J connectivity index is 1.99. The third kappa shape index (κ3) is 2.97. The van der Waals surface area contributed by atoms with Gasteiger partial charge in [0.1, 0.15) is 0 Å². The third-order valence-electron chi connectivity index (χ3n) is 3.76. The van der Waals surface area contributed by atoms with Crippen molar-refractivity contribution in [2.24, 2.45) is 5.41 Å². The van der Waals surface area contributed by atoms with Crippen LogP contribution in [0, 0.1) is 5.41 Å². The van der Waals surface area contributed by atoms with E-state index in [-0.39, 0.29) is 6.10 Å². The van der Waals surface area contributed by atoms with Crippen LogP contribution in [0.2, 0.25) is 0 Å². The van der Waals surface area contributed by atoms with Gasteiger partial charge >= 0.3 is 5.97 Å². The molecule has 1 N–H and O–H groups in total. The van der Waals surface area contributed by atoms with E-state index in [1.54, 1.807) is 0 Å². The summed E-state index contributed by atoms with van der Waals surface area (Å²) < 4.78 is 10.8. The van der Waals surface area contributed by atoms with Gasteiger partial charge in [0.25, 0.3) is 0 Å². The molecule has 0 saturated carbocycles. The van der Waals surface area contributed by atoms with E-state index in [0.717, 1.165) is 13.1 Å². The highest BCUT2D eigenvalue weighted by molar-refractivity contribution is 5.75. The van der Waals surface area contributed by atoms with Crippen molar-refractivity contribution in [3.05, 3.63) is 0 Å². The number of carboxylic acid groups (broad SMARTS) is 1. The average Bonchev–Trinajstić information content (AvgIpc) is 2.30. The zero-order valence-corrected chi connectivity index (χ0v) is 10.4. The van der Waals surface area contributed by atoms with Crippen LogP contribution in [0.3, 0.4) is 0 Å². The lowest BCUT2D eigenvalue weighted by Gasteiger charge is -2.40. The Hall–Kier alpha value is -0.650. The van der Waals surface area contributed by atoms with E-state index >= 15 is 0 Å². The predicted octanol–water partition coefficient (Wildman–Crippen LogP) is 0.589. The summed E-state index contributed by atoms with van der Waals surface area (Å²) in [5.41, 5.74) is -0.616. The summed E-state index contributed by atoms with van der Waals surface area (Å²) in [7, 11) is 0. The van der Waals surface area contributed by atoms with Crippen molar-refractivity contribution in [3.8, 4) is 0 Å². The molecule has 0 bridgehead atoms. The molecule has 1 unspecified atom stereocenters. The quantitative estimate of drug-likeness (QED) is 0.786. The van der Waals surface area contributed by atoms with Gasteiger partial charge in [-0.25, -0.2) is 0 Å². The lowest BCUT2D eigenvalue weighted by Crippen LogP contribution is -2.51. The van der Waals surface area contributed by atoms with E-state index < -0.39 is 11.4 Å². The van der Waals surface area contributed by atoms with Crippen LogP contribution in [0.25, 0.3) is 0 Å². The summed E-state index contributed by atoms with van der Waals surface area (Å²) >= 11 is 0. The van der Waals surface area contributed by atoms with Crippen LogP contribution in [-0.2, 0) is 14.3 Å². The maximum absolute atomic E-state index is 11.5. The molecule has 2 aliphatic rings. The highest BCUT2D eigenvalue weighted by Crippen LogP contribution is 2.32. The number of morpholine rings is 1. The molecule has 17 heavy (non-hydrogen) atoms. The van der Waals surface area contributed by atoms with Gasteiger partial charge in [0.15, 0.2) is 0 Å². The first-order valence-electron chi connectivity index (χ1n) is 6.27. The number of ether oxygens (including phenoxy) is 2. The summed E-state index contributed by atoms with van der Waals surface area (Å²) in [4.78, 5) is 13.7. The summed E-state index contributed by atoms with van der Waals surface area (Å²) in [5, 5.41) is 9.47. The van der Waals surface area contributed by atoms with Gasteiger partial charge in [0, 0.05) is 32.8 Å². The predicted molar refractivity (Wildman–Crippen MR) is 62.0 cm³/mol. The zero-order valence-electron chi connectivity index (χ0n) is 10.4. The van der Waals surface area contributed by atoms with Crippen LogP contribution < -0.4 is 0 Å². The minimum absolute atomic E-state index is 0.203. The Labute approximate surface area is 102 Å². The molecule has 0 aliphatic carbocycles. The van der Waals surface area contributed by atoms with Crippen LogP contribution in [0.5, 0.6) is 0 Å². The molecule has 0 aromatic rings. The zero-order chi connectivity index (χ0) is 12.3. The number of carbonyl (C=O) groups is 1. The van der Waals surface area contributed by atoms with Gasteiger partial charge in [-0.05, 0) is 19.8 Å². The number of hydrogen-bond donors (Lipinski definition) is 1. The molecule has 1 atom stereocenters. The van der Waals surface area contributed by atoms with Crippen molar-refractivity contribution in [3.63, 3.8) is 0 Å². The molecular formula is C12H21NO4. The molecule has 2 saturated heterocycles. The maximum Gasteiger partial charge on any atom is 0.311 e. The standard InChI is InChI=1S/C12H21NO4/c1-10-8-13(4-7-17-10)9-12(11(14)15)2-5-16-6-3-12/h10H,2-9H2,1H3,(H,14,15). The van der Waals surface area contributed by atoms with Crippen molar-refractivity contribution in [2.45, 2.75) is 25.9 Å². The van der Waals surface area contributed by atoms with Gasteiger partial charge in [0.05, 0.1) is 18.1 Å². The van der Waals surface area contributed by atoms with Crippen LogP contribution in [0.15, 0.2) is 0 Å². The molecule has 0 spiro atoms. The van der Waals surface area contributed by atoms with Crippen molar-refractivity contribution in [1.29, 1.82) is 0 Å². The van der Waals surface area contributed by atoms with Crippen LogP contribution in [-0.4, -0.2) is 61.5 Å². The largest absolute Gasteiger partial charge is 0.481 e. The Morgan fingerprint density at radius 3 is 2.71 bits per heavy atom. The van der Waals surface area contributed by atoms with Crippen LogP contribution >= 0.6 is 0 Å². The SMILES string of the molecule is CC1CN(CC2(C(=O)O)CCOCC2)CCO1. The number of aliphatic carboxylic acids is 1. The van der Waals surface area contributed by atoms with E-state index in [9.17, 15) is 9.90 Å². The van der Waals surface area contributed by atoms with Crippen molar-refractivity contribution < 1.29 is 19.4 Å². The topological polar surface area (TPSA) is 59.0 Å². The Bertz CT molecular complexity index is 276. The van der Waals surface area contributed by atoms with Gasteiger partial charge in [0.2, 0.25) is 0 Å². The van der Waals surface area contributed by atoms with Crippen molar-refractivity contribution in [2.75, 3.05) is 39.5 Å².